The Labute approximate surface area is 221 Å². The van der Waals surface area contributed by atoms with E-state index in [0.29, 0.717) is 12.8 Å². The molecule has 0 aromatic heterocycles. The fraction of sp³-hybridized carbons (Fsp3) is 0.483. The lowest BCUT2D eigenvalue weighted by Gasteiger charge is -2.39. The van der Waals surface area contributed by atoms with Crippen molar-refractivity contribution in [3.05, 3.63) is 55.1 Å². The van der Waals surface area contributed by atoms with E-state index in [1.54, 1.807) is 34.6 Å². The maximum atomic E-state index is 14.6. The summed E-state index contributed by atoms with van der Waals surface area (Å²) in [6, 6.07) is 12.6. The number of fused-ring (bicyclic) bond motifs is 2. The van der Waals surface area contributed by atoms with Crippen molar-refractivity contribution in [3.63, 3.8) is 0 Å². The number of aliphatic hydroxyl groups is 1. The zero-order valence-electron chi connectivity index (χ0n) is 21.3. The number of carbonyl (C=O) groups is 3. The second-order valence-corrected chi connectivity index (χ2v) is 11.7. The standard InChI is InChI=1S/C29H34N2O5S/c1-4-15-30(21-12-11-18-9-7-8-10-19(18)16-21)27(34)25-29-14-13-22(37-29)23(28(35)36-6-3)24(29)26(33)31(25)20(5-2)17-32/h4,7-12,16,20,22-25,32H,1,5-6,13-15,17H2,2-3H3/t20-,22+,23-,24-,25?,29?/m0/s1. The lowest BCUT2D eigenvalue weighted by Crippen LogP contribution is -2.57. The van der Waals surface area contributed by atoms with Crippen LogP contribution in [-0.4, -0.2) is 69.6 Å². The number of rotatable bonds is 9. The van der Waals surface area contributed by atoms with Gasteiger partial charge in [0.05, 0.1) is 35.8 Å². The lowest BCUT2D eigenvalue weighted by molar-refractivity contribution is -0.154. The highest BCUT2D eigenvalue weighted by Gasteiger charge is 2.74. The summed E-state index contributed by atoms with van der Waals surface area (Å²) in [6.45, 7) is 7.83. The van der Waals surface area contributed by atoms with Crippen LogP contribution in [0.1, 0.15) is 33.1 Å². The summed E-state index contributed by atoms with van der Waals surface area (Å²) in [4.78, 5) is 44.9. The summed E-state index contributed by atoms with van der Waals surface area (Å²) in [5.74, 6) is -1.98. The van der Waals surface area contributed by atoms with Gasteiger partial charge >= 0.3 is 5.97 Å². The minimum Gasteiger partial charge on any atom is -0.466 e. The van der Waals surface area contributed by atoms with Crippen LogP contribution in [0.3, 0.4) is 0 Å². The van der Waals surface area contributed by atoms with Gasteiger partial charge in [0.1, 0.15) is 6.04 Å². The Morgan fingerprint density at radius 2 is 2.03 bits per heavy atom. The van der Waals surface area contributed by atoms with Crippen LogP contribution < -0.4 is 4.90 Å². The van der Waals surface area contributed by atoms with Crippen molar-refractivity contribution < 1.29 is 24.2 Å². The molecule has 3 aliphatic heterocycles. The molecule has 2 bridgehead atoms. The third-order valence-corrected chi connectivity index (χ3v) is 10.2. The van der Waals surface area contributed by atoms with Crippen molar-refractivity contribution in [1.29, 1.82) is 0 Å². The van der Waals surface area contributed by atoms with Gasteiger partial charge in [0.25, 0.3) is 5.91 Å². The number of hydrogen-bond acceptors (Lipinski definition) is 6. The summed E-state index contributed by atoms with van der Waals surface area (Å²) in [5, 5.41) is 12.3. The van der Waals surface area contributed by atoms with Gasteiger partial charge in [0.15, 0.2) is 0 Å². The number of amides is 2. The Hall–Kier alpha value is -2.84. The van der Waals surface area contributed by atoms with Crippen molar-refractivity contribution >= 4 is 46.0 Å². The first-order valence-corrected chi connectivity index (χ1v) is 14.0. The minimum atomic E-state index is -0.789. The Kier molecular flexibility index (Phi) is 7.07. The highest BCUT2D eigenvalue weighted by atomic mass is 32.2. The normalized spacial score (nSPS) is 28.8. The number of thioether (sulfide) groups is 1. The van der Waals surface area contributed by atoms with E-state index in [4.69, 9.17) is 4.74 Å². The molecule has 0 saturated carbocycles. The third-order valence-electron chi connectivity index (χ3n) is 8.23. The smallest absolute Gasteiger partial charge is 0.310 e. The van der Waals surface area contributed by atoms with Gasteiger partial charge in [0, 0.05) is 17.5 Å². The maximum absolute atomic E-state index is 14.6. The van der Waals surface area contributed by atoms with Crippen molar-refractivity contribution in [2.75, 3.05) is 24.7 Å². The van der Waals surface area contributed by atoms with Gasteiger partial charge in [-0.3, -0.25) is 14.4 Å². The Bertz CT molecular complexity index is 1230. The molecule has 196 valence electrons. The van der Waals surface area contributed by atoms with Crippen LogP contribution in [0.4, 0.5) is 5.69 Å². The molecular formula is C29H34N2O5S. The van der Waals surface area contributed by atoms with Gasteiger partial charge in [0.2, 0.25) is 5.91 Å². The minimum absolute atomic E-state index is 0.0480. The number of likely N-dealkylation sites (tertiary alicyclic amines) is 1. The van der Waals surface area contributed by atoms with Crippen molar-refractivity contribution in [2.45, 2.75) is 55.2 Å². The van der Waals surface area contributed by atoms with Crippen LogP contribution in [0.5, 0.6) is 0 Å². The molecule has 2 aromatic rings. The number of ether oxygens (including phenoxy) is 1. The van der Waals surface area contributed by atoms with Crippen LogP contribution >= 0.6 is 11.8 Å². The van der Waals surface area contributed by atoms with E-state index in [-0.39, 0.29) is 42.8 Å². The second kappa shape index (κ2) is 10.1. The van der Waals surface area contributed by atoms with E-state index in [0.717, 1.165) is 22.9 Å². The van der Waals surface area contributed by atoms with Gasteiger partial charge in [-0.15, -0.1) is 18.3 Å². The quantitative estimate of drug-likeness (QED) is 0.398. The van der Waals surface area contributed by atoms with E-state index in [2.05, 4.69) is 6.58 Å². The van der Waals surface area contributed by atoms with Crippen LogP contribution in [0.15, 0.2) is 55.1 Å². The number of anilines is 1. The van der Waals surface area contributed by atoms with Crippen LogP contribution in [0, 0.1) is 11.8 Å². The largest absolute Gasteiger partial charge is 0.466 e. The third kappa shape index (κ3) is 3.96. The van der Waals surface area contributed by atoms with E-state index in [1.165, 1.54) is 0 Å². The first-order chi connectivity index (χ1) is 17.9. The lowest BCUT2D eigenvalue weighted by atomic mass is 9.71. The van der Waals surface area contributed by atoms with Crippen molar-refractivity contribution in [3.8, 4) is 0 Å². The molecule has 3 aliphatic rings. The highest BCUT2D eigenvalue weighted by Crippen LogP contribution is 2.67. The summed E-state index contributed by atoms with van der Waals surface area (Å²) < 4.78 is 4.66. The molecule has 3 saturated heterocycles. The van der Waals surface area contributed by atoms with Crippen molar-refractivity contribution in [1.82, 2.24) is 4.90 Å². The summed E-state index contributed by atoms with van der Waals surface area (Å²) >= 11 is 1.61. The zero-order valence-corrected chi connectivity index (χ0v) is 22.2. The second-order valence-electron chi connectivity index (χ2n) is 10.1. The average Bonchev–Trinajstić information content (AvgIpc) is 3.55. The molecule has 1 spiro atoms. The first-order valence-electron chi connectivity index (χ1n) is 13.1. The van der Waals surface area contributed by atoms with Gasteiger partial charge in [-0.2, -0.15) is 0 Å². The van der Waals surface area contributed by atoms with E-state index < -0.39 is 28.7 Å². The molecule has 1 N–H and O–H groups in total. The topological polar surface area (TPSA) is 87.2 Å². The van der Waals surface area contributed by atoms with Crippen LogP contribution in [0.2, 0.25) is 0 Å². The monoisotopic (exact) mass is 522 g/mol. The van der Waals surface area contributed by atoms with E-state index >= 15 is 0 Å². The van der Waals surface area contributed by atoms with Gasteiger partial charge < -0.3 is 19.6 Å². The molecule has 3 heterocycles. The van der Waals surface area contributed by atoms with Gasteiger partial charge in [-0.05, 0) is 49.1 Å². The van der Waals surface area contributed by atoms with E-state index in [1.807, 2.05) is 49.4 Å². The predicted octanol–water partition coefficient (Wildman–Crippen LogP) is 3.78. The number of nitrogens with zero attached hydrogens (tertiary/aromatic N) is 2. The summed E-state index contributed by atoms with van der Waals surface area (Å²) in [7, 11) is 0. The molecule has 5 rings (SSSR count). The number of hydrogen-bond donors (Lipinski definition) is 1. The Morgan fingerprint density at radius 1 is 1.27 bits per heavy atom. The predicted molar refractivity (Wildman–Crippen MR) is 145 cm³/mol. The SMILES string of the molecule is C=CCN(C(=O)C1N([C@@H](CC)CO)C(=O)[C@@H]2[C@@H](C(=O)OCC)[C@H]3CCC12S3)c1ccc2ccccc2c1. The summed E-state index contributed by atoms with van der Waals surface area (Å²) in [6.07, 6.45) is 3.61. The molecule has 2 amide bonds. The molecule has 8 heteroatoms. The molecule has 3 fully saturated rings. The maximum Gasteiger partial charge on any atom is 0.310 e. The average molecular weight is 523 g/mol. The molecule has 37 heavy (non-hydrogen) atoms. The van der Waals surface area contributed by atoms with E-state index in [9.17, 15) is 19.5 Å². The van der Waals surface area contributed by atoms with Gasteiger partial charge in [-0.25, -0.2) is 0 Å². The molecule has 0 radical (unpaired) electrons. The fourth-order valence-electron chi connectivity index (χ4n) is 6.63. The molecule has 6 atom stereocenters. The molecule has 2 aromatic carbocycles. The molecule has 7 nitrogen and oxygen atoms in total. The highest BCUT2D eigenvalue weighted by molar-refractivity contribution is 8.02. The van der Waals surface area contributed by atoms with Crippen molar-refractivity contribution in [2.24, 2.45) is 11.8 Å². The zero-order chi connectivity index (χ0) is 26.3. The summed E-state index contributed by atoms with van der Waals surface area (Å²) in [5.41, 5.74) is 0.729. The molecular weight excluding hydrogens is 488 g/mol. The fourth-order valence-corrected chi connectivity index (χ4v) is 8.81. The van der Waals surface area contributed by atoms with Crippen LogP contribution in [-0.2, 0) is 19.1 Å². The van der Waals surface area contributed by atoms with Crippen LogP contribution in [0.25, 0.3) is 10.8 Å². The number of benzene rings is 2. The Balaban J connectivity index is 1.60. The number of aliphatic hydroxyl groups excluding tert-OH is 1. The Morgan fingerprint density at radius 3 is 2.70 bits per heavy atom. The first kappa shape index (κ1) is 25.8. The number of esters is 1. The molecule has 0 aliphatic carbocycles. The molecule has 2 unspecified atom stereocenters. The number of carbonyl (C=O) groups excluding carboxylic acids is 3. The van der Waals surface area contributed by atoms with Gasteiger partial charge in [-0.1, -0.05) is 43.3 Å².